The lowest BCUT2D eigenvalue weighted by molar-refractivity contribution is -0.137. The van der Waals surface area contributed by atoms with Gasteiger partial charge in [0.1, 0.15) is 17.2 Å². The molecule has 1 aromatic carbocycles. The number of anilines is 1. The van der Waals surface area contributed by atoms with Crippen LogP contribution in [0.25, 0.3) is 11.1 Å². The molecular formula is C20H18F3N3O3. The standard InChI is InChI=1S/C20H18F3N3O3/c1-9-15(11(3)27)19(28)29-18-16(9)17(25-12(4)26-18)24-10(2)13-6-5-7-14(8-13)20(21,22)23/h5-8,10H,1-4H3,(H,24,25,26)/t10-/m1/s1. The van der Waals surface area contributed by atoms with Crippen LogP contribution in [-0.2, 0) is 6.18 Å². The predicted octanol–water partition coefficient (Wildman–Crippen LogP) is 4.59. The van der Waals surface area contributed by atoms with Crippen molar-refractivity contribution in [2.45, 2.75) is 39.9 Å². The van der Waals surface area contributed by atoms with E-state index in [9.17, 15) is 22.8 Å². The molecule has 2 heterocycles. The summed E-state index contributed by atoms with van der Waals surface area (Å²) in [6.45, 7) is 6.10. The fourth-order valence-corrected chi connectivity index (χ4v) is 3.16. The topological polar surface area (TPSA) is 85.1 Å². The third-order valence-electron chi connectivity index (χ3n) is 4.55. The first kappa shape index (κ1) is 20.5. The third kappa shape index (κ3) is 3.98. The first-order valence-corrected chi connectivity index (χ1v) is 8.75. The number of aryl methyl sites for hydroxylation is 2. The zero-order valence-electron chi connectivity index (χ0n) is 16.1. The van der Waals surface area contributed by atoms with Crippen molar-refractivity contribution in [1.29, 1.82) is 0 Å². The average Bonchev–Trinajstić information content (AvgIpc) is 2.59. The average molecular weight is 405 g/mol. The Hall–Kier alpha value is -3.23. The SMILES string of the molecule is CC(=O)c1c(C)c2c(N[C@H](C)c3cccc(C(F)(F)F)c3)nc(C)nc2oc1=O. The van der Waals surface area contributed by atoms with Crippen molar-refractivity contribution in [1.82, 2.24) is 9.97 Å². The van der Waals surface area contributed by atoms with Crippen LogP contribution in [0.15, 0.2) is 33.5 Å². The Morgan fingerprint density at radius 3 is 2.52 bits per heavy atom. The third-order valence-corrected chi connectivity index (χ3v) is 4.55. The van der Waals surface area contributed by atoms with E-state index in [0.29, 0.717) is 22.3 Å². The molecule has 2 aromatic heterocycles. The van der Waals surface area contributed by atoms with E-state index in [0.717, 1.165) is 12.1 Å². The van der Waals surface area contributed by atoms with Crippen LogP contribution in [0.3, 0.4) is 0 Å². The van der Waals surface area contributed by atoms with Crippen LogP contribution >= 0.6 is 0 Å². The van der Waals surface area contributed by atoms with Gasteiger partial charge in [-0.05, 0) is 51.0 Å². The molecule has 3 rings (SSSR count). The van der Waals surface area contributed by atoms with Gasteiger partial charge in [0.25, 0.3) is 0 Å². The molecule has 0 aliphatic rings. The highest BCUT2D eigenvalue weighted by Crippen LogP contribution is 2.32. The summed E-state index contributed by atoms with van der Waals surface area (Å²) in [5, 5.41) is 3.39. The fraction of sp³-hybridized carbons (Fsp3) is 0.300. The monoisotopic (exact) mass is 405 g/mol. The number of carbonyl (C=O) groups is 1. The normalized spacial score (nSPS) is 12.8. The molecule has 0 radical (unpaired) electrons. The number of aromatic nitrogens is 2. The minimum atomic E-state index is -4.45. The molecule has 0 aliphatic heterocycles. The highest BCUT2D eigenvalue weighted by atomic mass is 19.4. The lowest BCUT2D eigenvalue weighted by Crippen LogP contribution is -2.17. The molecular weight excluding hydrogens is 387 g/mol. The Labute approximate surface area is 163 Å². The summed E-state index contributed by atoms with van der Waals surface area (Å²) in [7, 11) is 0. The highest BCUT2D eigenvalue weighted by molar-refractivity contribution is 6.01. The Balaban J connectivity index is 2.12. The number of ketones is 1. The van der Waals surface area contributed by atoms with Gasteiger partial charge in [0.05, 0.1) is 10.9 Å². The van der Waals surface area contributed by atoms with E-state index in [2.05, 4.69) is 15.3 Å². The smallest absolute Gasteiger partial charge is 0.403 e. The Morgan fingerprint density at radius 1 is 1.21 bits per heavy atom. The molecule has 0 saturated heterocycles. The van der Waals surface area contributed by atoms with Crippen molar-refractivity contribution >= 4 is 22.7 Å². The number of nitrogens with zero attached hydrogens (tertiary/aromatic N) is 2. The van der Waals surface area contributed by atoms with Crippen LogP contribution in [0.2, 0.25) is 0 Å². The summed E-state index contributed by atoms with van der Waals surface area (Å²) in [6.07, 6.45) is -4.45. The van der Waals surface area contributed by atoms with Crippen molar-refractivity contribution < 1.29 is 22.4 Å². The number of alkyl halides is 3. The summed E-state index contributed by atoms with van der Waals surface area (Å²) in [5.74, 6) is 0.103. The number of rotatable bonds is 4. The second-order valence-electron chi connectivity index (χ2n) is 6.73. The molecule has 1 atom stereocenters. The maximum absolute atomic E-state index is 13.0. The van der Waals surface area contributed by atoms with Gasteiger partial charge in [-0.25, -0.2) is 9.78 Å². The van der Waals surface area contributed by atoms with E-state index in [1.165, 1.54) is 13.0 Å². The molecule has 0 fully saturated rings. The van der Waals surface area contributed by atoms with E-state index < -0.39 is 29.2 Å². The van der Waals surface area contributed by atoms with Gasteiger partial charge >= 0.3 is 11.8 Å². The van der Waals surface area contributed by atoms with Crippen LogP contribution in [0.4, 0.5) is 19.0 Å². The molecule has 9 heteroatoms. The van der Waals surface area contributed by atoms with Gasteiger partial charge in [-0.3, -0.25) is 4.79 Å². The molecule has 0 amide bonds. The summed E-state index contributed by atoms with van der Waals surface area (Å²) in [5.41, 5.74) is -0.914. The molecule has 1 N–H and O–H groups in total. The largest absolute Gasteiger partial charge is 0.416 e. The minimum Gasteiger partial charge on any atom is -0.403 e. The van der Waals surface area contributed by atoms with Gasteiger partial charge < -0.3 is 9.73 Å². The van der Waals surface area contributed by atoms with Gasteiger partial charge in [0.2, 0.25) is 5.71 Å². The number of nitrogens with one attached hydrogen (secondary N) is 1. The molecule has 29 heavy (non-hydrogen) atoms. The number of hydrogen-bond donors (Lipinski definition) is 1. The van der Waals surface area contributed by atoms with Crippen molar-refractivity contribution in [3.8, 4) is 0 Å². The summed E-state index contributed by atoms with van der Waals surface area (Å²) in [6, 6.07) is 4.40. The number of benzene rings is 1. The van der Waals surface area contributed by atoms with Gasteiger partial charge in [-0.15, -0.1) is 0 Å². The van der Waals surface area contributed by atoms with E-state index in [4.69, 9.17) is 4.42 Å². The Morgan fingerprint density at radius 2 is 1.90 bits per heavy atom. The lowest BCUT2D eigenvalue weighted by atomic mass is 10.0. The van der Waals surface area contributed by atoms with E-state index in [1.807, 2.05) is 0 Å². The van der Waals surface area contributed by atoms with Crippen LogP contribution < -0.4 is 10.9 Å². The van der Waals surface area contributed by atoms with Crippen LogP contribution in [0.5, 0.6) is 0 Å². The molecule has 152 valence electrons. The van der Waals surface area contributed by atoms with Crippen LogP contribution in [-0.4, -0.2) is 15.8 Å². The minimum absolute atomic E-state index is 0.00347. The number of carbonyl (C=O) groups excluding carboxylic acids is 1. The fourth-order valence-electron chi connectivity index (χ4n) is 3.16. The van der Waals surface area contributed by atoms with Crippen LogP contribution in [0.1, 0.15) is 52.8 Å². The maximum Gasteiger partial charge on any atom is 0.416 e. The zero-order valence-corrected chi connectivity index (χ0v) is 16.1. The summed E-state index contributed by atoms with van der Waals surface area (Å²) in [4.78, 5) is 32.4. The zero-order chi connectivity index (χ0) is 21.5. The van der Waals surface area contributed by atoms with Crippen molar-refractivity contribution in [2.24, 2.45) is 0 Å². The van der Waals surface area contributed by atoms with E-state index in [1.54, 1.807) is 26.8 Å². The second-order valence-corrected chi connectivity index (χ2v) is 6.73. The van der Waals surface area contributed by atoms with Crippen molar-refractivity contribution in [2.75, 3.05) is 5.32 Å². The first-order valence-electron chi connectivity index (χ1n) is 8.75. The molecule has 0 aliphatic carbocycles. The lowest BCUT2D eigenvalue weighted by Gasteiger charge is -2.18. The number of fused-ring (bicyclic) bond motifs is 1. The molecule has 0 saturated carbocycles. The van der Waals surface area contributed by atoms with Gasteiger partial charge in [0.15, 0.2) is 5.78 Å². The summed E-state index contributed by atoms with van der Waals surface area (Å²) < 4.78 is 44.2. The van der Waals surface area contributed by atoms with Gasteiger partial charge in [-0.1, -0.05) is 12.1 Å². The maximum atomic E-state index is 13.0. The Kier molecular flexibility index (Phi) is 5.16. The molecule has 3 aromatic rings. The first-order chi connectivity index (χ1) is 13.5. The van der Waals surface area contributed by atoms with Crippen molar-refractivity contribution in [3.05, 3.63) is 62.8 Å². The molecule has 6 nitrogen and oxygen atoms in total. The van der Waals surface area contributed by atoms with E-state index in [-0.39, 0.29) is 17.1 Å². The molecule has 0 spiro atoms. The second kappa shape index (κ2) is 7.31. The van der Waals surface area contributed by atoms with Crippen LogP contribution in [0, 0.1) is 13.8 Å². The molecule has 0 bridgehead atoms. The molecule has 0 unspecified atom stereocenters. The highest BCUT2D eigenvalue weighted by Gasteiger charge is 2.31. The number of hydrogen-bond acceptors (Lipinski definition) is 6. The van der Waals surface area contributed by atoms with Gasteiger partial charge in [-0.2, -0.15) is 18.2 Å². The van der Waals surface area contributed by atoms with E-state index >= 15 is 0 Å². The van der Waals surface area contributed by atoms with Crippen molar-refractivity contribution in [3.63, 3.8) is 0 Å². The Bertz CT molecular complexity index is 1170. The predicted molar refractivity (Wildman–Crippen MR) is 101 cm³/mol. The quantitative estimate of drug-likeness (QED) is 0.639. The summed E-state index contributed by atoms with van der Waals surface area (Å²) >= 11 is 0. The number of Topliss-reactive ketones (excluding diaryl/α,β-unsaturated/α-hetero) is 1. The van der Waals surface area contributed by atoms with Gasteiger partial charge in [0, 0.05) is 6.04 Å². The number of halogens is 3.